The largest absolute Gasteiger partial charge is 0.399 e. The van der Waals surface area contributed by atoms with E-state index in [2.05, 4.69) is 0 Å². The van der Waals surface area contributed by atoms with Gasteiger partial charge in [0.1, 0.15) is 0 Å². The van der Waals surface area contributed by atoms with Gasteiger partial charge in [0.05, 0.1) is 11.6 Å². The molecule has 0 bridgehead atoms. The molecule has 0 aromatic heterocycles. The third-order valence-corrected chi connectivity index (χ3v) is 6.86. The van der Waals surface area contributed by atoms with Crippen molar-refractivity contribution in [3.8, 4) is 0 Å². The van der Waals surface area contributed by atoms with Crippen LogP contribution in [0.3, 0.4) is 0 Å². The molecule has 1 unspecified atom stereocenters. The van der Waals surface area contributed by atoms with Crippen LogP contribution in [0, 0.1) is 0 Å². The normalized spacial score (nSPS) is 26.1. The Morgan fingerprint density at radius 2 is 1.84 bits per heavy atom. The zero-order valence-corrected chi connectivity index (χ0v) is 13.1. The summed E-state index contributed by atoms with van der Waals surface area (Å²) in [6.45, 7) is 2.78. The van der Waals surface area contributed by atoms with Crippen molar-refractivity contribution in [2.75, 3.05) is 27.3 Å². The molecule has 0 aliphatic carbocycles. The summed E-state index contributed by atoms with van der Waals surface area (Å²) < 4.78 is 48.3. The monoisotopic (exact) mass is 299 g/mol. The van der Waals surface area contributed by atoms with E-state index in [1.807, 2.05) is 11.8 Å². The third kappa shape index (κ3) is 4.17. The van der Waals surface area contributed by atoms with Crippen LogP contribution in [0.2, 0.25) is 0 Å². The number of nitrogens with zero attached hydrogens (tertiary/aromatic N) is 1. The maximum Gasteiger partial charge on any atom is 0.390 e. The molecular formula is C12H24F3NO2Si. The van der Waals surface area contributed by atoms with E-state index < -0.39 is 21.9 Å². The molecular weight excluding hydrogens is 275 g/mol. The number of halogens is 3. The maximum atomic E-state index is 12.5. The number of rotatable bonds is 6. The first-order chi connectivity index (χ1) is 8.89. The van der Waals surface area contributed by atoms with Crippen molar-refractivity contribution < 1.29 is 22.0 Å². The fraction of sp³-hybridized carbons (Fsp3) is 1.00. The first-order valence-electron chi connectivity index (χ1n) is 6.77. The number of hydrogen-bond acceptors (Lipinski definition) is 3. The molecule has 1 heterocycles. The van der Waals surface area contributed by atoms with Gasteiger partial charge in [-0.15, -0.1) is 0 Å². The number of likely N-dealkylation sites (tertiary alicyclic amines) is 1. The number of piperidine rings is 1. The summed E-state index contributed by atoms with van der Waals surface area (Å²) in [5.74, 6) is 0. The second kappa shape index (κ2) is 7.06. The van der Waals surface area contributed by atoms with E-state index in [4.69, 9.17) is 8.85 Å². The summed E-state index contributed by atoms with van der Waals surface area (Å²) in [4.78, 5) is 1.97. The molecule has 1 fully saturated rings. The highest BCUT2D eigenvalue weighted by molar-refractivity contribution is 6.48. The van der Waals surface area contributed by atoms with Crippen molar-refractivity contribution in [1.29, 1.82) is 0 Å². The summed E-state index contributed by atoms with van der Waals surface area (Å²) in [6, 6.07) is 0. The molecule has 114 valence electrons. The predicted octanol–water partition coefficient (Wildman–Crippen LogP) is 2.63. The lowest BCUT2D eigenvalue weighted by atomic mass is 9.98. The van der Waals surface area contributed by atoms with Gasteiger partial charge >= 0.3 is 15.5 Å². The van der Waals surface area contributed by atoms with Crippen molar-refractivity contribution in [2.45, 2.75) is 50.4 Å². The minimum absolute atomic E-state index is 0.0492. The molecule has 0 radical (unpaired) electrons. The Hall–Kier alpha value is -0.113. The molecule has 19 heavy (non-hydrogen) atoms. The van der Waals surface area contributed by atoms with Gasteiger partial charge in [-0.25, -0.2) is 0 Å². The first-order valence-corrected chi connectivity index (χ1v) is 8.29. The highest BCUT2D eigenvalue weighted by Gasteiger charge is 2.47. The van der Waals surface area contributed by atoms with Crippen molar-refractivity contribution >= 4 is 9.28 Å². The summed E-state index contributed by atoms with van der Waals surface area (Å²) in [5, 5.41) is -0.299. The maximum absolute atomic E-state index is 12.5. The van der Waals surface area contributed by atoms with Crippen LogP contribution in [0.15, 0.2) is 0 Å². The molecule has 7 heteroatoms. The van der Waals surface area contributed by atoms with Crippen LogP contribution in [-0.4, -0.2) is 52.8 Å². The highest BCUT2D eigenvalue weighted by Crippen LogP contribution is 2.35. The van der Waals surface area contributed by atoms with Gasteiger partial charge in [-0.3, -0.25) is 4.90 Å². The zero-order chi connectivity index (χ0) is 14.5. The van der Waals surface area contributed by atoms with Crippen LogP contribution in [0.1, 0.15) is 39.0 Å². The zero-order valence-electron chi connectivity index (χ0n) is 11.9. The summed E-state index contributed by atoms with van der Waals surface area (Å²) in [7, 11) is 1.22. The van der Waals surface area contributed by atoms with Gasteiger partial charge in [-0.1, -0.05) is 13.3 Å². The van der Waals surface area contributed by atoms with Crippen LogP contribution in [0.5, 0.6) is 0 Å². The van der Waals surface area contributed by atoms with Gasteiger partial charge < -0.3 is 8.85 Å². The van der Waals surface area contributed by atoms with E-state index in [0.717, 1.165) is 25.7 Å². The molecule has 0 spiro atoms. The van der Waals surface area contributed by atoms with Gasteiger partial charge in [0.25, 0.3) is 0 Å². The van der Waals surface area contributed by atoms with Crippen LogP contribution >= 0.6 is 0 Å². The van der Waals surface area contributed by atoms with Crippen molar-refractivity contribution in [3.05, 3.63) is 0 Å². The van der Waals surface area contributed by atoms with Gasteiger partial charge in [0.2, 0.25) is 0 Å². The summed E-state index contributed by atoms with van der Waals surface area (Å²) in [5.41, 5.74) is 0. The molecule has 3 nitrogen and oxygen atoms in total. The Bertz CT molecular complexity index is 274. The first kappa shape index (κ1) is 16.9. The number of alkyl halides is 3. The topological polar surface area (TPSA) is 21.7 Å². The van der Waals surface area contributed by atoms with Crippen LogP contribution in [0.4, 0.5) is 13.2 Å². The van der Waals surface area contributed by atoms with E-state index >= 15 is 0 Å². The van der Waals surface area contributed by atoms with Gasteiger partial charge in [-0.05, 0) is 25.8 Å². The molecule has 0 aromatic rings. The molecule has 1 atom stereocenters. The van der Waals surface area contributed by atoms with E-state index in [1.165, 1.54) is 0 Å². The van der Waals surface area contributed by atoms with Gasteiger partial charge in [-0.2, -0.15) is 13.2 Å². The average molecular weight is 299 g/mol. The molecule has 1 rings (SSSR count). The minimum atomic E-state index is -4.10. The van der Waals surface area contributed by atoms with Gasteiger partial charge in [0.15, 0.2) is 0 Å². The molecule has 0 saturated carbocycles. The fourth-order valence-corrected chi connectivity index (χ4v) is 5.48. The second-order valence-electron chi connectivity index (χ2n) is 5.07. The second-order valence-corrected chi connectivity index (χ2v) is 7.75. The van der Waals surface area contributed by atoms with Crippen LogP contribution < -0.4 is 0 Å². The SMILES string of the molecule is CCC1([SiH](OC)OC)CCCCN1CCC(F)(F)F. The quantitative estimate of drug-likeness (QED) is 0.704. The Morgan fingerprint density at radius 3 is 2.32 bits per heavy atom. The molecule has 0 aromatic carbocycles. The van der Waals surface area contributed by atoms with Crippen molar-refractivity contribution in [2.24, 2.45) is 0 Å². The average Bonchev–Trinajstić information content (AvgIpc) is 2.37. The minimum Gasteiger partial charge on any atom is -0.399 e. The molecule has 1 aliphatic rings. The molecule has 1 saturated heterocycles. The lowest BCUT2D eigenvalue weighted by Crippen LogP contribution is -2.63. The fourth-order valence-electron chi connectivity index (χ4n) is 3.08. The third-order valence-electron chi connectivity index (χ3n) is 4.06. The van der Waals surface area contributed by atoms with Gasteiger partial charge in [0, 0.05) is 20.8 Å². The Labute approximate surface area is 114 Å². The number of hydrogen-bond donors (Lipinski definition) is 0. The lowest BCUT2D eigenvalue weighted by Gasteiger charge is -2.49. The van der Waals surface area contributed by atoms with E-state index in [1.54, 1.807) is 14.2 Å². The highest BCUT2D eigenvalue weighted by atomic mass is 28.3. The Morgan fingerprint density at radius 1 is 1.21 bits per heavy atom. The Balaban J connectivity index is 2.83. The van der Waals surface area contributed by atoms with E-state index in [0.29, 0.717) is 6.54 Å². The lowest BCUT2D eigenvalue weighted by molar-refractivity contribution is -0.141. The Kier molecular flexibility index (Phi) is 6.29. The van der Waals surface area contributed by atoms with Crippen molar-refractivity contribution in [3.63, 3.8) is 0 Å². The smallest absolute Gasteiger partial charge is 0.390 e. The summed E-state index contributed by atoms with van der Waals surface area (Å²) in [6.07, 6.45) is -1.22. The molecule has 1 aliphatic heterocycles. The molecule has 0 amide bonds. The van der Waals surface area contributed by atoms with E-state index in [9.17, 15) is 13.2 Å². The van der Waals surface area contributed by atoms with E-state index in [-0.39, 0.29) is 11.7 Å². The predicted molar refractivity (Wildman–Crippen MR) is 70.3 cm³/mol. The summed E-state index contributed by atoms with van der Waals surface area (Å²) >= 11 is 0. The van der Waals surface area contributed by atoms with Crippen LogP contribution in [0.25, 0.3) is 0 Å². The van der Waals surface area contributed by atoms with Crippen LogP contribution in [-0.2, 0) is 8.85 Å². The standard InChI is InChI=1S/C12H24F3NO2Si/c1-4-11(19(17-2)18-3)7-5-6-9-16(11)10-8-12(13,14)15/h19H,4-10H2,1-3H3. The molecule has 0 N–H and O–H groups in total. The van der Waals surface area contributed by atoms with Crippen molar-refractivity contribution in [1.82, 2.24) is 4.90 Å².